The molecule has 0 aromatic carbocycles. The first-order chi connectivity index (χ1) is 16.5. The highest BCUT2D eigenvalue weighted by Gasteiger charge is 2.57. The minimum Gasteiger partial charge on any atom is -0.481 e. The normalized spacial score (nSPS) is 18.9. The molecule has 0 saturated heterocycles. The molecule has 0 spiro atoms. The number of pyridine rings is 1. The predicted molar refractivity (Wildman–Crippen MR) is 122 cm³/mol. The van der Waals surface area contributed by atoms with Crippen molar-refractivity contribution >= 4 is 33.2 Å². The summed E-state index contributed by atoms with van der Waals surface area (Å²) in [6.45, 7) is 1.36. The van der Waals surface area contributed by atoms with Crippen LogP contribution in [0.2, 0.25) is 5.02 Å². The average molecular weight is 533 g/mol. The van der Waals surface area contributed by atoms with Gasteiger partial charge in [0.15, 0.2) is 15.7 Å². The van der Waals surface area contributed by atoms with Gasteiger partial charge in [-0.05, 0) is 13.0 Å². The molecule has 0 aliphatic heterocycles. The lowest BCUT2D eigenvalue weighted by atomic mass is 10.2. The van der Waals surface area contributed by atoms with E-state index >= 15 is 0 Å². The Hall–Kier alpha value is -2.97. The largest absolute Gasteiger partial charge is 0.481 e. The van der Waals surface area contributed by atoms with Crippen molar-refractivity contribution in [2.75, 3.05) is 20.0 Å². The van der Waals surface area contributed by atoms with Crippen molar-refractivity contribution < 1.29 is 31.5 Å². The number of halogens is 3. The molecule has 1 saturated carbocycles. The molecule has 3 rings (SSSR count). The number of nitrogens with one attached hydrogen (secondary N) is 2. The summed E-state index contributed by atoms with van der Waals surface area (Å²) in [5, 5.41) is -0.944. The number of amidine groups is 1. The second-order valence-corrected chi connectivity index (χ2v) is 10.4. The average Bonchev–Trinajstić information content (AvgIpc) is 3.43. The summed E-state index contributed by atoms with van der Waals surface area (Å²) in [6.07, 6.45) is 0.983. The summed E-state index contributed by atoms with van der Waals surface area (Å²) in [5.74, 6) is -4.72. The zero-order valence-electron chi connectivity index (χ0n) is 18.9. The number of hydrogen-bond acceptors (Lipinski definition) is 9. The maximum absolute atomic E-state index is 13.5. The summed E-state index contributed by atoms with van der Waals surface area (Å²) in [5.41, 5.74) is 4.53. The highest BCUT2D eigenvalue weighted by molar-refractivity contribution is 7.92. The Morgan fingerprint density at radius 2 is 1.94 bits per heavy atom. The smallest absolute Gasteiger partial charge is 0.288 e. The van der Waals surface area contributed by atoms with E-state index in [0.29, 0.717) is 0 Å². The lowest BCUT2D eigenvalue weighted by Crippen LogP contribution is -2.46. The Labute approximate surface area is 205 Å². The first kappa shape index (κ1) is 26.6. The van der Waals surface area contributed by atoms with E-state index in [1.54, 1.807) is 0 Å². The van der Waals surface area contributed by atoms with Crippen LogP contribution in [0.5, 0.6) is 5.88 Å². The summed E-state index contributed by atoms with van der Waals surface area (Å²) in [7, 11) is -1.41. The van der Waals surface area contributed by atoms with Gasteiger partial charge in [-0.3, -0.25) is 20.6 Å². The highest BCUT2D eigenvalue weighted by Crippen LogP contribution is 2.44. The summed E-state index contributed by atoms with van der Waals surface area (Å²) in [4.78, 5) is 28.2. The lowest BCUT2D eigenvalue weighted by Gasteiger charge is -2.22. The molecule has 1 amide bonds. The number of hydrazine groups is 1. The number of carbonyl (C=O) groups excluding carboxylic acids is 1. The fraction of sp³-hybridized carbons (Fsp3) is 0.450. The number of aliphatic imine (C=N–C) groups is 1. The molecule has 0 radical (unpaired) electrons. The van der Waals surface area contributed by atoms with E-state index in [-0.39, 0.29) is 28.3 Å². The zero-order chi connectivity index (χ0) is 25.8. The van der Waals surface area contributed by atoms with Gasteiger partial charge in [-0.15, -0.1) is 0 Å². The molecule has 1 unspecified atom stereocenters. The monoisotopic (exact) mass is 532 g/mol. The van der Waals surface area contributed by atoms with Gasteiger partial charge in [0.05, 0.1) is 17.4 Å². The van der Waals surface area contributed by atoms with E-state index in [4.69, 9.17) is 21.1 Å². The number of sulfone groups is 1. The molecule has 1 fully saturated rings. The van der Waals surface area contributed by atoms with Gasteiger partial charge in [-0.2, -0.15) is 0 Å². The molecule has 1 aliphatic carbocycles. The molecule has 2 aromatic rings. The number of amides is 1. The maximum atomic E-state index is 13.5. The van der Waals surface area contributed by atoms with Crippen molar-refractivity contribution in [3.05, 3.63) is 47.1 Å². The van der Waals surface area contributed by atoms with Crippen LogP contribution in [0.3, 0.4) is 0 Å². The van der Waals surface area contributed by atoms with Crippen LogP contribution < -0.4 is 15.6 Å². The van der Waals surface area contributed by atoms with Crippen molar-refractivity contribution in [1.82, 2.24) is 25.8 Å². The Morgan fingerprint density at radius 1 is 1.29 bits per heavy atom. The molecule has 1 aliphatic rings. The first-order valence-electron chi connectivity index (χ1n) is 10.2. The van der Waals surface area contributed by atoms with Gasteiger partial charge in [0.25, 0.3) is 11.8 Å². The first-order valence-corrected chi connectivity index (χ1v) is 12.3. The number of aromatic nitrogens is 3. The Bertz CT molecular complexity index is 1200. The Balaban J connectivity index is 1.77. The fourth-order valence-electron chi connectivity index (χ4n) is 2.97. The van der Waals surface area contributed by atoms with Gasteiger partial charge < -0.3 is 9.47 Å². The molecule has 35 heavy (non-hydrogen) atoms. The van der Waals surface area contributed by atoms with Crippen LogP contribution in [0, 0.1) is 0 Å². The third-order valence-electron chi connectivity index (χ3n) is 5.07. The van der Waals surface area contributed by atoms with Gasteiger partial charge in [0.1, 0.15) is 29.4 Å². The van der Waals surface area contributed by atoms with Crippen LogP contribution in [-0.2, 0) is 14.6 Å². The quantitative estimate of drug-likeness (QED) is 0.280. The van der Waals surface area contributed by atoms with Crippen LogP contribution in [0.15, 0.2) is 35.6 Å². The third-order valence-corrected chi connectivity index (χ3v) is 7.32. The molecular weight excluding hydrogens is 510 g/mol. The van der Waals surface area contributed by atoms with Gasteiger partial charge in [-0.1, -0.05) is 17.7 Å². The SMILES string of the molecule is COc1cccc(C(=O)NNC(CS(=O)(=O)[C@@H](C)[C@H](OC)c2ncc(Cl)cn2)=NC2CC2(F)F)n1. The maximum Gasteiger partial charge on any atom is 0.288 e. The number of hydrogen-bond donors (Lipinski definition) is 2. The van der Waals surface area contributed by atoms with Gasteiger partial charge in [-0.25, -0.2) is 32.2 Å². The summed E-state index contributed by atoms with van der Waals surface area (Å²) < 4.78 is 63.5. The van der Waals surface area contributed by atoms with Crippen LogP contribution in [0.25, 0.3) is 0 Å². The predicted octanol–water partition coefficient (Wildman–Crippen LogP) is 1.77. The second-order valence-electron chi connectivity index (χ2n) is 7.63. The number of nitrogens with zero attached hydrogens (tertiary/aromatic N) is 4. The molecule has 2 aromatic heterocycles. The fourth-order valence-corrected chi connectivity index (χ4v) is 4.46. The minimum absolute atomic E-state index is 0.0523. The topological polar surface area (TPSA) is 145 Å². The Kier molecular flexibility index (Phi) is 8.18. The summed E-state index contributed by atoms with van der Waals surface area (Å²) in [6, 6.07) is 3.03. The molecule has 190 valence electrons. The van der Waals surface area contributed by atoms with Crippen molar-refractivity contribution in [1.29, 1.82) is 0 Å². The van der Waals surface area contributed by atoms with E-state index in [1.807, 2.05) is 0 Å². The van der Waals surface area contributed by atoms with E-state index in [9.17, 15) is 22.0 Å². The number of rotatable bonds is 9. The van der Waals surface area contributed by atoms with Crippen molar-refractivity contribution in [2.24, 2.45) is 4.99 Å². The molecular formula is C20H23ClF2N6O5S. The molecule has 2 heterocycles. The third kappa shape index (κ3) is 6.80. The van der Waals surface area contributed by atoms with Crippen LogP contribution >= 0.6 is 11.6 Å². The van der Waals surface area contributed by atoms with Gasteiger partial charge in [0, 0.05) is 32.0 Å². The minimum atomic E-state index is -4.07. The van der Waals surface area contributed by atoms with Crippen molar-refractivity contribution in [2.45, 2.75) is 36.7 Å². The van der Waals surface area contributed by atoms with Crippen molar-refractivity contribution in [3.8, 4) is 5.88 Å². The standard InChI is InChI=1S/C20H23ClF2N6O5S/c1-11(17(34-3)18-24-8-12(21)9-25-18)35(31,32)10-15(27-14-7-20(14,22)23)28-29-19(30)13-5-4-6-16(26-13)33-2/h4-6,8-9,11,14,17H,7,10H2,1-3H3,(H,27,28)(H,29,30)/t11-,14?,17-/m0/s1. The number of carbonyl (C=O) groups is 1. The van der Waals surface area contributed by atoms with Gasteiger partial charge >= 0.3 is 0 Å². The Morgan fingerprint density at radius 3 is 2.51 bits per heavy atom. The molecule has 0 bridgehead atoms. The van der Waals surface area contributed by atoms with Crippen molar-refractivity contribution in [3.63, 3.8) is 0 Å². The summed E-state index contributed by atoms with van der Waals surface area (Å²) >= 11 is 5.78. The lowest BCUT2D eigenvalue weighted by molar-refractivity contribution is 0.0936. The van der Waals surface area contributed by atoms with Gasteiger partial charge in [0.2, 0.25) is 5.88 Å². The highest BCUT2D eigenvalue weighted by atomic mass is 35.5. The molecule has 3 atom stereocenters. The second kappa shape index (κ2) is 10.7. The van der Waals surface area contributed by atoms with E-state index in [2.05, 4.69) is 30.8 Å². The molecule has 2 N–H and O–H groups in total. The van der Waals surface area contributed by atoms with Crippen LogP contribution in [0.4, 0.5) is 8.78 Å². The van der Waals surface area contributed by atoms with Crippen LogP contribution in [0.1, 0.15) is 35.8 Å². The number of ether oxygens (including phenoxy) is 2. The number of methoxy groups -OCH3 is 2. The molecule has 15 heteroatoms. The molecule has 11 nitrogen and oxygen atoms in total. The van der Waals surface area contributed by atoms with E-state index in [1.165, 1.54) is 51.7 Å². The van der Waals surface area contributed by atoms with E-state index < -0.39 is 51.2 Å². The van der Waals surface area contributed by atoms with Crippen LogP contribution in [-0.4, -0.2) is 72.3 Å². The number of alkyl halides is 2. The van der Waals surface area contributed by atoms with E-state index in [0.717, 1.165) is 0 Å². The zero-order valence-corrected chi connectivity index (χ0v) is 20.5.